The van der Waals surface area contributed by atoms with E-state index in [2.05, 4.69) is 10.6 Å². The summed E-state index contributed by atoms with van der Waals surface area (Å²) in [6.07, 6.45) is 0.669. The predicted octanol–water partition coefficient (Wildman–Crippen LogP) is 3.51. The molecule has 0 radical (unpaired) electrons. The van der Waals surface area contributed by atoms with Crippen molar-refractivity contribution in [3.63, 3.8) is 0 Å². The van der Waals surface area contributed by atoms with E-state index in [-0.39, 0.29) is 41.4 Å². The summed E-state index contributed by atoms with van der Waals surface area (Å²) in [6.45, 7) is 18.5. The number of amides is 6. The van der Waals surface area contributed by atoms with Crippen molar-refractivity contribution in [3.8, 4) is 0 Å². The molecular formula is C38H64N6O6. The molecule has 6 atom stereocenters. The van der Waals surface area contributed by atoms with Crippen LogP contribution in [-0.2, 0) is 24.0 Å². The van der Waals surface area contributed by atoms with Gasteiger partial charge in [-0.2, -0.15) is 0 Å². The number of benzene rings is 1. The van der Waals surface area contributed by atoms with Gasteiger partial charge in [-0.25, -0.2) is 0 Å². The summed E-state index contributed by atoms with van der Waals surface area (Å²) < 4.78 is 0. The quantitative estimate of drug-likeness (QED) is 0.255. The van der Waals surface area contributed by atoms with Crippen LogP contribution in [0, 0.1) is 29.6 Å². The Labute approximate surface area is 300 Å². The number of nitrogens with one attached hydrogen (secondary N) is 2. The number of likely N-dealkylation sites (N-methyl/N-ethyl adjacent to an activating group) is 5. The Morgan fingerprint density at radius 2 is 0.980 bits per heavy atom. The van der Waals surface area contributed by atoms with Crippen LogP contribution in [0.5, 0.6) is 0 Å². The molecule has 2 N–H and O–H groups in total. The maximum atomic E-state index is 14.3. The van der Waals surface area contributed by atoms with Crippen molar-refractivity contribution in [2.24, 2.45) is 29.6 Å². The third-order valence-corrected chi connectivity index (χ3v) is 9.65. The summed E-state index contributed by atoms with van der Waals surface area (Å²) in [6, 6.07) is 4.27. The zero-order valence-corrected chi connectivity index (χ0v) is 33.1. The first-order valence-corrected chi connectivity index (χ1v) is 17.8. The summed E-state index contributed by atoms with van der Waals surface area (Å²) in [4.78, 5) is 88.0. The molecule has 12 nitrogen and oxygen atoms in total. The van der Waals surface area contributed by atoms with E-state index in [1.165, 1.54) is 33.7 Å². The summed E-state index contributed by atoms with van der Waals surface area (Å²) in [5.74, 6) is -3.74. The van der Waals surface area contributed by atoms with Gasteiger partial charge in [0.2, 0.25) is 29.5 Å². The second-order valence-electron chi connectivity index (χ2n) is 14.9. The highest BCUT2D eigenvalue weighted by atomic mass is 16.2. The minimum Gasteiger partial charge on any atom is -0.357 e. The van der Waals surface area contributed by atoms with Gasteiger partial charge in [0.05, 0.1) is 0 Å². The molecule has 0 aliphatic heterocycles. The Kier molecular flexibility index (Phi) is 17.1. The van der Waals surface area contributed by atoms with Crippen molar-refractivity contribution >= 4 is 35.4 Å². The largest absolute Gasteiger partial charge is 0.357 e. The summed E-state index contributed by atoms with van der Waals surface area (Å²) in [5.41, 5.74) is 0.450. The summed E-state index contributed by atoms with van der Waals surface area (Å²) >= 11 is 0. The van der Waals surface area contributed by atoms with Crippen molar-refractivity contribution in [2.45, 2.75) is 106 Å². The summed E-state index contributed by atoms with van der Waals surface area (Å²) in [7, 11) is 7.78. The molecule has 6 unspecified atom stereocenters. The van der Waals surface area contributed by atoms with Gasteiger partial charge < -0.3 is 30.2 Å². The fraction of sp³-hybridized carbons (Fsp3) is 0.684. The molecule has 0 aliphatic carbocycles. The maximum Gasteiger partial charge on any atom is 0.254 e. The van der Waals surface area contributed by atoms with E-state index in [0.29, 0.717) is 12.0 Å². The summed E-state index contributed by atoms with van der Waals surface area (Å²) in [5, 5.41) is 5.54. The van der Waals surface area contributed by atoms with Gasteiger partial charge in [-0.15, -0.1) is 0 Å². The van der Waals surface area contributed by atoms with E-state index in [0.717, 1.165) is 0 Å². The Morgan fingerprint density at radius 1 is 0.560 bits per heavy atom. The molecule has 0 aliphatic rings. The number of nitrogens with zero attached hydrogens (tertiary/aromatic N) is 4. The lowest BCUT2D eigenvalue weighted by atomic mass is 9.93. The number of carbonyl (C=O) groups excluding carboxylic acids is 6. The molecule has 0 fully saturated rings. The highest BCUT2D eigenvalue weighted by molar-refractivity contribution is 5.99. The average Bonchev–Trinajstić information content (AvgIpc) is 3.05. The fourth-order valence-corrected chi connectivity index (χ4v) is 6.62. The fourth-order valence-electron chi connectivity index (χ4n) is 6.62. The van der Waals surface area contributed by atoms with Crippen molar-refractivity contribution in [2.75, 3.05) is 35.2 Å². The molecular weight excluding hydrogens is 636 g/mol. The maximum absolute atomic E-state index is 14.3. The van der Waals surface area contributed by atoms with E-state index in [1.807, 2.05) is 75.3 Å². The van der Waals surface area contributed by atoms with E-state index < -0.39 is 53.8 Å². The SMILES string of the molecule is CCC(C)C(C(=O)NC)N(C)C(=O)C(NC(=O)C(C(C)C)N(C)C(=O)C(C(C)C)N(C)C(=O)C(C(C)C)N(C)C(=O)c1ccccc1)C(C)C. The Balaban J connectivity index is 3.41. The number of rotatable bonds is 17. The predicted molar refractivity (Wildman–Crippen MR) is 197 cm³/mol. The molecule has 0 aromatic heterocycles. The average molecular weight is 701 g/mol. The lowest BCUT2D eigenvalue weighted by molar-refractivity contribution is -0.153. The molecule has 50 heavy (non-hydrogen) atoms. The third-order valence-electron chi connectivity index (χ3n) is 9.65. The molecule has 282 valence electrons. The standard InChI is InChI=1S/C38H64N6O6/c1-16-26(10)32(33(45)39-11)44(15)36(48)28(22(2)3)40-34(46)29(23(4)5)41(12)37(49)31(25(8)9)43(14)38(50)30(24(6)7)42(13)35(47)27-20-18-17-19-21-27/h17-26,28-32H,16H2,1-15H3,(H,39,45)(H,40,46). The smallest absolute Gasteiger partial charge is 0.254 e. The Hall–Kier alpha value is -3.96. The van der Waals surface area contributed by atoms with Crippen LogP contribution in [0.3, 0.4) is 0 Å². The van der Waals surface area contributed by atoms with Gasteiger partial charge in [0.25, 0.3) is 5.91 Å². The van der Waals surface area contributed by atoms with Crippen molar-refractivity contribution in [3.05, 3.63) is 35.9 Å². The Bertz CT molecular complexity index is 1320. The van der Waals surface area contributed by atoms with Crippen LogP contribution in [0.1, 0.15) is 86.0 Å². The first kappa shape index (κ1) is 44.1. The minimum absolute atomic E-state index is 0.126. The van der Waals surface area contributed by atoms with Crippen molar-refractivity contribution < 1.29 is 28.8 Å². The van der Waals surface area contributed by atoms with Crippen LogP contribution >= 0.6 is 0 Å². The first-order chi connectivity index (χ1) is 23.2. The Morgan fingerprint density at radius 3 is 1.38 bits per heavy atom. The van der Waals surface area contributed by atoms with Crippen LogP contribution in [0.4, 0.5) is 0 Å². The van der Waals surface area contributed by atoms with Crippen LogP contribution in [-0.4, -0.2) is 120 Å². The molecule has 0 spiro atoms. The number of hydrogen-bond donors (Lipinski definition) is 2. The van der Waals surface area contributed by atoms with Crippen molar-refractivity contribution in [1.82, 2.24) is 30.2 Å². The number of hydrogen-bond acceptors (Lipinski definition) is 6. The van der Waals surface area contributed by atoms with E-state index in [1.54, 1.807) is 45.4 Å². The number of carbonyl (C=O) groups is 6. The molecule has 6 amide bonds. The molecule has 0 bridgehead atoms. The van der Waals surface area contributed by atoms with E-state index in [9.17, 15) is 28.8 Å². The highest BCUT2D eigenvalue weighted by Crippen LogP contribution is 2.23. The van der Waals surface area contributed by atoms with Gasteiger partial charge >= 0.3 is 0 Å². The van der Waals surface area contributed by atoms with Gasteiger partial charge in [-0.3, -0.25) is 28.8 Å². The third kappa shape index (κ3) is 10.5. The molecule has 1 rings (SSSR count). The molecule has 0 saturated heterocycles. The first-order valence-electron chi connectivity index (χ1n) is 17.8. The molecule has 0 saturated carbocycles. The zero-order valence-electron chi connectivity index (χ0n) is 33.1. The van der Waals surface area contributed by atoms with Gasteiger partial charge in [0.15, 0.2) is 0 Å². The van der Waals surface area contributed by atoms with Crippen LogP contribution < -0.4 is 10.6 Å². The lowest BCUT2D eigenvalue weighted by Crippen LogP contribution is -2.62. The van der Waals surface area contributed by atoms with Gasteiger partial charge in [-0.1, -0.05) is 93.9 Å². The van der Waals surface area contributed by atoms with Crippen LogP contribution in [0.2, 0.25) is 0 Å². The molecule has 1 aromatic rings. The molecule has 1 aromatic carbocycles. The van der Waals surface area contributed by atoms with Gasteiger partial charge in [0, 0.05) is 40.8 Å². The molecule has 0 heterocycles. The van der Waals surface area contributed by atoms with E-state index >= 15 is 0 Å². The topological polar surface area (TPSA) is 139 Å². The monoisotopic (exact) mass is 700 g/mol. The van der Waals surface area contributed by atoms with Crippen LogP contribution in [0.25, 0.3) is 0 Å². The highest BCUT2D eigenvalue weighted by Gasteiger charge is 2.43. The minimum atomic E-state index is -0.973. The van der Waals surface area contributed by atoms with Gasteiger partial charge in [0.1, 0.15) is 30.2 Å². The van der Waals surface area contributed by atoms with E-state index in [4.69, 9.17) is 0 Å². The van der Waals surface area contributed by atoms with Crippen molar-refractivity contribution in [1.29, 1.82) is 0 Å². The normalized spacial score (nSPS) is 15.1. The lowest BCUT2D eigenvalue weighted by Gasteiger charge is -2.41. The zero-order chi connectivity index (χ0) is 38.8. The second-order valence-corrected chi connectivity index (χ2v) is 14.9. The van der Waals surface area contributed by atoms with Gasteiger partial charge in [-0.05, 0) is 41.7 Å². The molecule has 12 heteroatoms. The second kappa shape index (κ2) is 19.4. The van der Waals surface area contributed by atoms with Crippen LogP contribution in [0.15, 0.2) is 30.3 Å².